The molecule has 0 radical (unpaired) electrons. The van der Waals surface area contributed by atoms with Gasteiger partial charge >= 0.3 is 0 Å². The highest BCUT2D eigenvalue weighted by Crippen LogP contribution is 2.47. The zero-order valence-electron chi connectivity index (χ0n) is 13.8. The number of carbonyl (C=O) groups is 3. The van der Waals surface area contributed by atoms with Crippen LogP contribution < -0.4 is 11.1 Å². The Morgan fingerprint density at radius 2 is 1.83 bits per heavy atom. The van der Waals surface area contributed by atoms with Crippen LogP contribution in [0.15, 0.2) is 30.3 Å². The van der Waals surface area contributed by atoms with Crippen molar-refractivity contribution in [2.24, 2.45) is 23.0 Å². The molecule has 2 saturated heterocycles. The second-order valence-electron chi connectivity index (χ2n) is 6.91. The van der Waals surface area contributed by atoms with Gasteiger partial charge in [-0.15, -0.1) is 0 Å². The van der Waals surface area contributed by atoms with Crippen molar-refractivity contribution in [1.82, 2.24) is 10.2 Å². The monoisotopic (exact) mass is 329 g/mol. The lowest BCUT2D eigenvalue weighted by atomic mass is 9.59. The van der Waals surface area contributed by atoms with Gasteiger partial charge < -0.3 is 5.73 Å². The summed E-state index contributed by atoms with van der Waals surface area (Å²) < 4.78 is 0. The normalized spacial score (nSPS) is 27.0. The number of nitrogens with zero attached hydrogens (tertiary/aromatic N) is 1. The molecular formula is C18H23N3O3. The third-order valence-corrected chi connectivity index (χ3v) is 5.66. The van der Waals surface area contributed by atoms with Gasteiger partial charge in [-0.25, -0.2) is 0 Å². The first kappa shape index (κ1) is 16.6. The van der Waals surface area contributed by atoms with Gasteiger partial charge in [0.25, 0.3) is 0 Å². The minimum atomic E-state index is -0.927. The van der Waals surface area contributed by atoms with Gasteiger partial charge in [-0.2, -0.15) is 0 Å². The van der Waals surface area contributed by atoms with E-state index in [0.717, 1.165) is 19.6 Å². The van der Waals surface area contributed by atoms with E-state index < -0.39 is 29.1 Å². The summed E-state index contributed by atoms with van der Waals surface area (Å²) in [5.74, 6) is -2.80. The molecule has 2 heterocycles. The van der Waals surface area contributed by atoms with E-state index in [1.165, 1.54) is 5.56 Å². The predicted molar refractivity (Wildman–Crippen MR) is 88.4 cm³/mol. The van der Waals surface area contributed by atoms with E-state index in [-0.39, 0.29) is 5.91 Å². The van der Waals surface area contributed by atoms with Crippen molar-refractivity contribution in [3.8, 4) is 0 Å². The second-order valence-corrected chi connectivity index (χ2v) is 6.91. The summed E-state index contributed by atoms with van der Waals surface area (Å²) in [6.07, 6.45) is 1.24. The molecular weight excluding hydrogens is 306 g/mol. The van der Waals surface area contributed by atoms with E-state index in [9.17, 15) is 14.4 Å². The van der Waals surface area contributed by atoms with Crippen LogP contribution in [0.25, 0.3) is 0 Å². The molecule has 24 heavy (non-hydrogen) atoms. The first-order chi connectivity index (χ1) is 11.4. The molecule has 128 valence electrons. The Hall–Kier alpha value is -2.21. The molecule has 1 aromatic rings. The number of carbonyl (C=O) groups excluding carboxylic acids is 3. The van der Waals surface area contributed by atoms with Crippen LogP contribution in [0, 0.1) is 17.3 Å². The van der Waals surface area contributed by atoms with Crippen molar-refractivity contribution in [3.05, 3.63) is 35.9 Å². The Balaban J connectivity index is 1.77. The van der Waals surface area contributed by atoms with Crippen LogP contribution in [0.2, 0.25) is 0 Å². The van der Waals surface area contributed by atoms with Gasteiger partial charge in [0.05, 0.1) is 0 Å². The fourth-order valence-corrected chi connectivity index (χ4v) is 4.18. The highest BCUT2D eigenvalue weighted by atomic mass is 16.2. The number of rotatable bonds is 3. The molecule has 0 aliphatic carbocycles. The third kappa shape index (κ3) is 2.82. The third-order valence-electron chi connectivity index (χ3n) is 5.66. The maximum atomic E-state index is 12.2. The maximum Gasteiger partial charge on any atom is 0.239 e. The van der Waals surface area contributed by atoms with Gasteiger partial charge in [0.2, 0.25) is 17.7 Å². The first-order valence-electron chi connectivity index (χ1n) is 8.34. The summed E-state index contributed by atoms with van der Waals surface area (Å²) in [5.41, 5.74) is 6.08. The molecule has 0 bridgehead atoms. The topological polar surface area (TPSA) is 92.5 Å². The smallest absolute Gasteiger partial charge is 0.239 e. The van der Waals surface area contributed by atoms with Gasteiger partial charge in [-0.05, 0) is 31.5 Å². The van der Waals surface area contributed by atoms with E-state index in [1.54, 1.807) is 6.92 Å². The SMILES string of the molecule is CC1C(=O)NC(=O)C(C(N)=O)C12CCN(Cc1ccccc1)CC2. The van der Waals surface area contributed by atoms with E-state index in [2.05, 4.69) is 22.3 Å². The van der Waals surface area contributed by atoms with Crippen LogP contribution in [-0.4, -0.2) is 35.7 Å². The molecule has 2 atom stereocenters. The quantitative estimate of drug-likeness (QED) is 0.629. The first-order valence-corrected chi connectivity index (χ1v) is 8.34. The van der Waals surface area contributed by atoms with E-state index in [4.69, 9.17) is 5.73 Å². The van der Waals surface area contributed by atoms with Crippen LogP contribution in [0.3, 0.4) is 0 Å². The van der Waals surface area contributed by atoms with Crippen molar-refractivity contribution in [1.29, 1.82) is 0 Å². The number of primary amides is 1. The summed E-state index contributed by atoms with van der Waals surface area (Å²) in [5, 5.41) is 2.29. The largest absolute Gasteiger partial charge is 0.369 e. The van der Waals surface area contributed by atoms with Crippen molar-refractivity contribution < 1.29 is 14.4 Å². The summed E-state index contributed by atoms with van der Waals surface area (Å²) in [4.78, 5) is 38.5. The summed E-state index contributed by atoms with van der Waals surface area (Å²) >= 11 is 0. The number of amides is 3. The molecule has 2 aliphatic heterocycles. The summed E-state index contributed by atoms with van der Waals surface area (Å²) in [7, 11) is 0. The van der Waals surface area contributed by atoms with Crippen LogP contribution in [-0.2, 0) is 20.9 Å². The number of imide groups is 1. The van der Waals surface area contributed by atoms with Crippen LogP contribution in [0.5, 0.6) is 0 Å². The predicted octanol–water partition coefficient (Wildman–Crippen LogP) is 0.663. The van der Waals surface area contributed by atoms with Crippen molar-refractivity contribution in [3.63, 3.8) is 0 Å². The zero-order valence-corrected chi connectivity index (χ0v) is 13.8. The van der Waals surface area contributed by atoms with Gasteiger partial charge in [0.1, 0.15) is 5.92 Å². The minimum absolute atomic E-state index is 0.297. The molecule has 0 saturated carbocycles. The van der Waals surface area contributed by atoms with E-state index >= 15 is 0 Å². The number of likely N-dealkylation sites (tertiary alicyclic amines) is 1. The lowest BCUT2D eigenvalue weighted by Crippen LogP contribution is -2.63. The summed E-state index contributed by atoms with van der Waals surface area (Å²) in [6.45, 7) is 4.10. The van der Waals surface area contributed by atoms with Crippen LogP contribution in [0.4, 0.5) is 0 Å². The standard InChI is InChI=1S/C18H23N3O3/c1-12-16(23)20-17(24)14(15(19)22)18(12)7-9-21(10-8-18)11-13-5-3-2-4-6-13/h2-6,12,14H,7-11H2,1H3,(H2,19,22)(H,20,23,24). The summed E-state index contributed by atoms with van der Waals surface area (Å²) in [6, 6.07) is 10.2. The lowest BCUT2D eigenvalue weighted by molar-refractivity contribution is -0.157. The number of hydrogen-bond donors (Lipinski definition) is 2. The number of piperidine rings is 2. The van der Waals surface area contributed by atoms with E-state index in [1.807, 2.05) is 18.2 Å². The maximum absolute atomic E-state index is 12.2. The average Bonchev–Trinajstić information content (AvgIpc) is 2.55. The molecule has 3 amide bonds. The molecule has 6 heteroatoms. The van der Waals surface area contributed by atoms with Gasteiger partial charge in [-0.3, -0.25) is 24.6 Å². The molecule has 2 fully saturated rings. The Morgan fingerprint density at radius 3 is 2.42 bits per heavy atom. The van der Waals surface area contributed by atoms with Gasteiger partial charge in [0.15, 0.2) is 0 Å². The zero-order chi connectivity index (χ0) is 17.3. The Bertz CT molecular complexity index is 651. The molecule has 2 aliphatic rings. The molecule has 3 rings (SSSR count). The molecule has 0 aromatic heterocycles. The molecule has 1 aromatic carbocycles. The molecule has 2 unspecified atom stereocenters. The Morgan fingerprint density at radius 1 is 1.21 bits per heavy atom. The number of nitrogens with two attached hydrogens (primary N) is 1. The van der Waals surface area contributed by atoms with Crippen LogP contribution in [0.1, 0.15) is 25.3 Å². The molecule has 3 N–H and O–H groups in total. The number of nitrogens with one attached hydrogen (secondary N) is 1. The fourth-order valence-electron chi connectivity index (χ4n) is 4.18. The van der Waals surface area contributed by atoms with Crippen molar-refractivity contribution in [2.45, 2.75) is 26.3 Å². The number of benzene rings is 1. The fraction of sp³-hybridized carbons (Fsp3) is 0.500. The minimum Gasteiger partial charge on any atom is -0.369 e. The van der Waals surface area contributed by atoms with Crippen LogP contribution >= 0.6 is 0 Å². The lowest BCUT2D eigenvalue weighted by Gasteiger charge is -2.50. The Labute approximate surface area is 141 Å². The van der Waals surface area contributed by atoms with Crippen molar-refractivity contribution in [2.75, 3.05) is 13.1 Å². The molecule has 1 spiro atoms. The highest BCUT2D eigenvalue weighted by molar-refractivity contribution is 6.10. The van der Waals surface area contributed by atoms with Gasteiger partial charge in [-0.1, -0.05) is 37.3 Å². The molecule has 6 nitrogen and oxygen atoms in total. The van der Waals surface area contributed by atoms with Gasteiger partial charge in [0, 0.05) is 17.9 Å². The average molecular weight is 329 g/mol. The number of hydrogen-bond acceptors (Lipinski definition) is 4. The second kappa shape index (κ2) is 6.36. The Kier molecular flexibility index (Phi) is 4.41. The highest BCUT2D eigenvalue weighted by Gasteiger charge is 2.56. The van der Waals surface area contributed by atoms with Crippen molar-refractivity contribution >= 4 is 17.7 Å². The van der Waals surface area contributed by atoms with E-state index in [0.29, 0.717) is 12.8 Å².